The number of carbonyl (C=O) groups is 2. The van der Waals surface area contributed by atoms with Crippen LogP contribution >= 0.6 is 0 Å². The first-order chi connectivity index (χ1) is 13.9. The van der Waals surface area contributed by atoms with E-state index >= 15 is 0 Å². The summed E-state index contributed by atoms with van der Waals surface area (Å²) in [5.41, 5.74) is 2.50. The lowest BCUT2D eigenvalue weighted by atomic mass is 9.95. The number of hydrogen-bond donors (Lipinski definition) is 1. The lowest BCUT2D eigenvalue weighted by Gasteiger charge is -2.31. The number of nitrogens with one attached hydrogen (secondary N) is 1. The minimum atomic E-state index is -0.728. The molecule has 0 unspecified atom stereocenters. The van der Waals surface area contributed by atoms with Crippen LogP contribution in [0.25, 0.3) is 0 Å². The van der Waals surface area contributed by atoms with Crippen LogP contribution in [0.1, 0.15) is 30.1 Å². The number of nitro benzene ring substituents is 1. The molecule has 2 atom stereocenters. The van der Waals surface area contributed by atoms with Gasteiger partial charge in [0.2, 0.25) is 0 Å². The van der Waals surface area contributed by atoms with Gasteiger partial charge >= 0.3 is 6.03 Å². The SMILES string of the molecule is C[C@H](c1ccccc1)N1CC2=C(C1=O)[C@H](c1cccc([N+](=O)[O-])c1)NC(=O)N2C. The molecule has 4 rings (SSSR count). The van der Waals surface area contributed by atoms with Gasteiger partial charge in [0.1, 0.15) is 0 Å². The van der Waals surface area contributed by atoms with E-state index in [9.17, 15) is 19.7 Å². The van der Waals surface area contributed by atoms with Crippen molar-refractivity contribution < 1.29 is 14.5 Å². The Balaban J connectivity index is 1.73. The van der Waals surface area contributed by atoms with Gasteiger partial charge in [0, 0.05) is 19.2 Å². The van der Waals surface area contributed by atoms with Gasteiger partial charge in [-0.1, -0.05) is 42.5 Å². The number of benzene rings is 2. The van der Waals surface area contributed by atoms with E-state index in [1.165, 1.54) is 17.0 Å². The molecule has 2 aliphatic rings. The lowest BCUT2D eigenvalue weighted by Crippen LogP contribution is -2.45. The Labute approximate surface area is 167 Å². The molecule has 3 amide bonds. The van der Waals surface area contributed by atoms with Crippen LogP contribution in [0, 0.1) is 10.1 Å². The highest BCUT2D eigenvalue weighted by atomic mass is 16.6. The van der Waals surface area contributed by atoms with Gasteiger partial charge in [-0.3, -0.25) is 19.8 Å². The summed E-state index contributed by atoms with van der Waals surface area (Å²) in [4.78, 5) is 39.7. The molecule has 0 aromatic heterocycles. The molecule has 2 aliphatic heterocycles. The van der Waals surface area contributed by atoms with E-state index in [1.807, 2.05) is 37.3 Å². The number of carbonyl (C=O) groups excluding carboxylic acids is 2. The zero-order valence-electron chi connectivity index (χ0n) is 16.0. The Morgan fingerprint density at radius 3 is 2.55 bits per heavy atom. The first kappa shape index (κ1) is 18.7. The van der Waals surface area contributed by atoms with Crippen molar-refractivity contribution in [3.8, 4) is 0 Å². The number of likely N-dealkylation sites (N-methyl/N-ethyl adjacent to an activating group) is 1. The van der Waals surface area contributed by atoms with Gasteiger partial charge in [-0.15, -0.1) is 0 Å². The number of nitro groups is 1. The monoisotopic (exact) mass is 392 g/mol. The van der Waals surface area contributed by atoms with Gasteiger partial charge in [0.25, 0.3) is 11.6 Å². The van der Waals surface area contributed by atoms with Crippen molar-refractivity contribution in [1.29, 1.82) is 0 Å². The number of hydrogen-bond acceptors (Lipinski definition) is 4. The third-order valence-electron chi connectivity index (χ3n) is 5.55. The molecule has 8 heteroatoms. The minimum absolute atomic E-state index is 0.0854. The zero-order chi connectivity index (χ0) is 20.7. The molecule has 2 aromatic rings. The highest BCUT2D eigenvalue weighted by Gasteiger charge is 2.44. The first-order valence-electron chi connectivity index (χ1n) is 9.26. The maximum atomic E-state index is 13.4. The zero-order valence-corrected chi connectivity index (χ0v) is 16.0. The Morgan fingerprint density at radius 2 is 1.86 bits per heavy atom. The highest BCUT2D eigenvalue weighted by molar-refractivity contribution is 6.01. The summed E-state index contributed by atoms with van der Waals surface area (Å²) in [5.74, 6) is -0.181. The maximum absolute atomic E-state index is 13.4. The third-order valence-corrected chi connectivity index (χ3v) is 5.55. The van der Waals surface area contributed by atoms with E-state index in [4.69, 9.17) is 0 Å². The van der Waals surface area contributed by atoms with Crippen LogP contribution in [0.2, 0.25) is 0 Å². The van der Waals surface area contributed by atoms with Crippen LogP contribution in [0.3, 0.4) is 0 Å². The van der Waals surface area contributed by atoms with E-state index in [2.05, 4.69) is 5.32 Å². The summed E-state index contributed by atoms with van der Waals surface area (Å²) in [6, 6.07) is 14.5. The molecule has 0 spiro atoms. The smallest absolute Gasteiger partial charge is 0.322 e. The van der Waals surface area contributed by atoms with Gasteiger partial charge in [-0.05, 0) is 18.1 Å². The summed E-state index contributed by atoms with van der Waals surface area (Å²) in [6.07, 6.45) is 0. The van der Waals surface area contributed by atoms with Gasteiger partial charge in [-0.2, -0.15) is 0 Å². The first-order valence-corrected chi connectivity index (χ1v) is 9.26. The maximum Gasteiger partial charge on any atom is 0.322 e. The molecule has 0 aliphatic carbocycles. The van der Waals surface area contributed by atoms with Crippen molar-refractivity contribution in [2.75, 3.05) is 13.6 Å². The Kier molecular flexibility index (Phi) is 4.54. The average Bonchev–Trinajstić information content (AvgIpc) is 3.08. The molecule has 0 saturated heterocycles. The molecule has 0 radical (unpaired) electrons. The number of amides is 3. The van der Waals surface area contributed by atoms with Gasteiger partial charge < -0.3 is 10.2 Å². The summed E-state index contributed by atoms with van der Waals surface area (Å²) in [5, 5.41) is 14.0. The van der Waals surface area contributed by atoms with E-state index in [1.54, 1.807) is 24.1 Å². The van der Waals surface area contributed by atoms with Crippen LogP contribution < -0.4 is 5.32 Å². The molecular formula is C21H20N4O4. The fraction of sp³-hybridized carbons (Fsp3) is 0.238. The normalized spacial score (nSPS) is 19.9. The third kappa shape index (κ3) is 3.12. The predicted molar refractivity (Wildman–Crippen MR) is 106 cm³/mol. The second kappa shape index (κ2) is 7.05. The summed E-state index contributed by atoms with van der Waals surface area (Å²) in [7, 11) is 1.62. The molecule has 2 heterocycles. The summed E-state index contributed by atoms with van der Waals surface area (Å²) >= 11 is 0. The number of nitrogens with zero attached hydrogens (tertiary/aromatic N) is 3. The fourth-order valence-electron chi connectivity index (χ4n) is 3.88. The average molecular weight is 392 g/mol. The van der Waals surface area contributed by atoms with E-state index in [0.29, 0.717) is 23.4 Å². The van der Waals surface area contributed by atoms with E-state index in [-0.39, 0.29) is 23.7 Å². The van der Waals surface area contributed by atoms with Crippen LogP contribution in [0.15, 0.2) is 65.9 Å². The minimum Gasteiger partial charge on any atom is -0.327 e. The molecule has 148 valence electrons. The molecule has 0 fully saturated rings. The highest BCUT2D eigenvalue weighted by Crippen LogP contribution is 2.39. The predicted octanol–water partition coefficient (Wildman–Crippen LogP) is 3.15. The fourth-order valence-corrected chi connectivity index (χ4v) is 3.88. The van der Waals surface area contributed by atoms with Crippen molar-refractivity contribution in [2.24, 2.45) is 0 Å². The molecule has 1 N–H and O–H groups in total. The van der Waals surface area contributed by atoms with E-state index < -0.39 is 11.0 Å². The van der Waals surface area contributed by atoms with Gasteiger partial charge in [0.15, 0.2) is 0 Å². The Hall–Kier alpha value is -3.68. The van der Waals surface area contributed by atoms with Gasteiger partial charge in [-0.25, -0.2) is 4.79 Å². The van der Waals surface area contributed by atoms with E-state index in [0.717, 1.165) is 5.56 Å². The molecule has 2 aromatic carbocycles. The van der Waals surface area contributed by atoms with Crippen molar-refractivity contribution in [1.82, 2.24) is 15.1 Å². The Morgan fingerprint density at radius 1 is 1.14 bits per heavy atom. The lowest BCUT2D eigenvalue weighted by molar-refractivity contribution is -0.384. The van der Waals surface area contributed by atoms with Gasteiger partial charge in [0.05, 0.1) is 34.8 Å². The van der Waals surface area contributed by atoms with Crippen LogP contribution in [0.5, 0.6) is 0 Å². The summed E-state index contributed by atoms with van der Waals surface area (Å²) in [6.45, 7) is 2.25. The van der Waals surface area contributed by atoms with Crippen molar-refractivity contribution >= 4 is 17.6 Å². The molecule has 0 bridgehead atoms. The van der Waals surface area contributed by atoms with Crippen LogP contribution in [-0.2, 0) is 4.79 Å². The van der Waals surface area contributed by atoms with Crippen molar-refractivity contribution in [3.05, 3.63) is 87.1 Å². The summed E-state index contributed by atoms with van der Waals surface area (Å²) < 4.78 is 0. The quantitative estimate of drug-likeness (QED) is 0.639. The molecule has 8 nitrogen and oxygen atoms in total. The number of rotatable bonds is 4. The number of non-ortho nitro benzene ring substituents is 1. The molecular weight excluding hydrogens is 372 g/mol. The van der Waals surface area contributed by atoms with Crippen LogP contribution in [-0.4, -0.2) is 40.3 Å². The second-order valence-electron chi connectivity index (χ2n) is 7.17. The molecule has 0 saturated carbocycles. The Bertz CT molecular complexity index is 1030. The van der Waals surface area contributed by atoms with Crippen LogP contribution in [0.4, 0.5) is 10.5 Å². The molecule has 29 heavy (non-hydrogen) atoms. The topological polar surface area (TPSA) is 95.8 Å². The standard InChI is InChI=1S/C21H20N4O4/c1-13(14-7-4-3-5-8-14)24-12-17-18(20(24)26)19(22-21(27)23(17)2)15-9-6-10-16(11-15)25(28)29/h3-11,13,19H,12H2,1-2H3,(H,22,27)/t13-,19+/m1/s1. The van der Waals surface area contributed by atoms with Crippen molar-refractivity contribution in [3.63, 3.8) is 0 Å². The second-order valence-corrected chi connectivity index (χ2v) is 7.17. The van der Waals surface area contributed by atoms with Crippen molar-refractivity contribution in [2.45, 2.75) is 19.0 Å². The number of urea groups is 1. The largest absolute Gasteiger partial charge is 0.327 e.